The number of aryl methyl sites for hydroxylation is 1. The number of aromatic nitrogens is 1. The van der Waals surface area contributed by atoms with Gasteiger partial charge in [-0.1, -0.05) is 0 Å². The third kappa shape index (κ3) is 3.02. The van der Waals surface area contributed by atoms with Crippen LogP contribution in [-0.2, 0) is 16.0 Å². The monoisotopic (exact) mass is 286 g/mol. The summed E-state index contributed by atoms with van der Waals surface area (Å²) in [6, 6.07) is 0. The Bertz CT molecular complexity index is 428. The molecule has 1 aliphatic heterocycles. The van der Waals surface area contributed by atoms with E-state index in [-0.39, 0.29) is 12.3 Å². The molecule has 1 fully saturated rings. The van der Waals surface area contributed by atoms with E-state index >= 15 is 0 Å². The van der Waals surface area contributed by atoms with Crippen LogP contribution in [0.25, 0.3) is 0 Å². The summed E-state index contributed by atoms with van der Waals surface area (Å²) in [5, 5.41) is 13.8. The Hall–Kier alpha value is -1.08. The lowest BCUT2D eigenvalue weighted by molar-refractivity contribution is -0.146. The predicted octanol–water partition coefficient (Wildman–Crippen LogP) is 1.15. The molecular formula is C11H14N2O3S2. The van der Waals surface area contributed by atoms with E-state index in [1.165, 1.54) is 11.3 Å². The maximum Gasteiger partial charge on any atom is 0.330 e. The molecule has 1 atom stereocenters. The average Bonchev–Trinajstić information content (AvgIpc) is 2.97. The van der Waals surface area contributed by atoms with E-state index in [2.05, 4.69) is 10.3 Å². The second kappa shape index (κ2) is 5.71. The normalized spacial score (nSPS) is 22.9. The van der Waals surface area contributed by atoms with Crippen LogP contribution in [0.2, 0.25) is 0 Å². The Labute approximate surface area is 113 Å². The molecule has 7 heteroatoms. The van der Waals surface area contributed by atoms with Crippen molar-refractivity contribution in [2.24, 2.45) is 0 Å². The molecule has 5 nitrogen and oxygen atoms in total. The second-order valence-corrected chi connectivity index (χ2v) is 6.04. The van der Waals surface area contributed by atoms with Crippen LogP contribution in [0.15, 0.2) is 10.9 Å². The molecule has 0 radical (unpaired) electrons. The lowest BCUT2D eigenvalue weighted by atomic mass is 9.99. The molecule has 2 N–H and O–H groups in total. The van der Waals surface area contributed by atoms with E-state index in [1.807, 2.05) is 5.38 Å². The van der Waals surface area contributed by atoms with Gasteiger partial charge in [0.25, 0.3) is 0 Å². The maximum atomic E-state index is 11.8. The van der Waals surface area contributed by atoms with Crippen LogP contribution in [-0.4, -0.2) is 39.0 Å². The highest BCUT2D eigenvalue weighted by Gasteiger charge is 2.43. The minimum Gasteiger partial charge on any atom is -0.479 e. The summed E-state index contributed by atoms with van der Waals surface area (Å²) < 4.78 is 0. The van der Waals surface area contributed by atoms with Crippen molar-refractivity contribution in [2.45, 2.75) is 24.8 Å². The number of hydrogen-bond donors (Lipinski definition) is 2. The van der Waals surface area contributed by atoms with E-state index in [0.29, 0.717) is 18.6 Å². The van der Waals surface area contributed by atoms with Gasteiger partial charge in [0.2, 0.25) is 5.91 Å². The smallest absolute Gasteiger partial charge is 0.330 e. The summed E-state index contributed by atoms with van der Waals surface area (Å²) in [7, 11) is 0. The van der Waals surface area contributed by atoms with Crippen molar-refractivity contribution in [1.29, 1.82) is 0 Å². The first-order chi connectivity index (χ1) is 8.62. The number of nitrogens with zero attached hydrogens (tertiary/aromatic N) is 1. The van der Waals surface area contributed by atoms with Crippen LogP contribution >= 0.6 is 23.1 Å². The predicted molar refractivity (Wildman–Crippen MR) is 70.9 cm³/mol. The van der Waals surface area contributed by atoms with Crippen molar-refractivity contribution in [2.75, 3.05) is 11.5 Å². The molecule has 2 rings (SSSR count). The zero-order valence-electron chi connectivity index (χ0n) is 9.72. The van der Waals surface area contributed by atoms with E-state index in [1.54, 1.807) is 17.3 Å². The quantitative estimate of drug-likeness (QED) is 0.849. The fourth-order valence-electron chi connectivity index (χ4n) is 1.82. The van der Waals surface area contributed by atoms with E-state index < -0.39 is 11.5 Å². The molecule has 18 heavy (non-hydrogen) atoms. The SMILES string of the molecule is O=C(CCc1cscn1)NC1(C(=O)O)CCSC1. The molecule has 98 valence electrons. The van der Waals surface area contributed by atoms with Crippen molar-refractivity contribution in [3.05, 3.63) is 16.6 Å². The van der Waals surface area contributed by atoms with Gasteiger partial charge in [0, 0.05) is 17.6 Å². The summed E-state index contributed by atoms with van der Waals surface area (Å²) in [6.45, 7) is 0. The van der Waals surface area contributed by atoms with Crippen LogP contribution in [0.3, 0.4) is 0 Å². The van der Waals surface area contributed by atoms with Crippen molar-refractivity contribution in [3.63, 3.8) is 0 Å². The number of carboxylic acids is 1. The van der Waals surface area contributed by atoms with Crippen molar-refractivity contribution in [1.82, 2.24) is 10.3 Å². The average molecular weight is 286 g/mol. The van der Waals surface area contributed by atoms with Gasteiger partial charge in [-0.15, -0.1) is 11.3 Å². The highest BCUT2D eigenvalue weighted by molar-refractivity contribution is 7.99. The number of aliphatic carboxylic acids is 1. The number of carbonyl (C=O) groups excluding carboxylic acids is 1. The Morgan fingerprint density at radius 1 is 1.56 bits per heavy atom. The first kappa shape index (κ1) is 13.4. The zero-order chi connectivity index (χ0) is 13.0. The molecule has 0 aromatic carbocycles. The van der Waals surface area contributed by atoms with Gasteiger partial charge >= 0.3 is 5.97 Å². The fourth-order valence-corrected chi connectivity index (χ4v) is 3.74. The first-order valence-corrected chi connectivity index (χ1v) is 7.71. The number of amides is 1. The molecule has 0 aliphatic carbocycles. The molecule has 0 bridgehead atoms. The minimum atomic E-state index is -1.07. The highest BCUT2D eigenvalue weighted by Crippen LogP contribution is 2.28. The summed E-state index contributed by atoms with van der Waals surface area (Å²) in [5.74, 6) is 0.0751. The van der Waals surface area contributed by atoms with Gasteiger partial charge in [-0.05, 0) is 18.6 Å². The molecule has 1 saturated heterocycles. The van der Waals surface area contributed by atoms with Crippen molar-refractivity contribution in [3.8, 4) is 0 Å². The van der Waals surface area contributed by atoms with Crippen LogP contribution in [0, 0.1) is 0 Å². The maximum absolute atomic E-state index is 11.8. The van der Waals surface area contributed by atoms with Crippen LogP contribution < -0.4 is 5.32 Å². The van der Waals surface area contributed by atoms with Crippen LogP contribution in [0.5, 0.6) is 0 Å². The highest BCUT2D eigenvalue weighted by atomic mass is 32.2. The summed E-state index contributed by atoms with van der Waals surface area (Å²) in [6.07, 6.45) is 1.33. The third-order valence-corrected chi connectivity index (χ3v) is 4.73. The fraction of sp³-hybridized carbons (Fsp3) is 0.545. The standard InChI is InChI=1S/C11H14N2O3S2/c14-9(2-1-8-5-18-7-12-8)13-11(10(15)16)3-4-17-6-11/h5,7H,1-4,6H2,(H,13,14)(H,15,16). The van der Waals surface area contributed by atoms with Crippen LogP contribution in [0.4, 0.5) is 0 Å². The first-order valence-electron chi connectivity index (χ1n) is 5.62. The Morgan fingerprint density at radius 2 is 2.39 bits per heavy atom. The summed E-state index contributed by atoms with van der Waals surface area (Å²) in [4.78, 5) is 27.1. The number of nitrogens with one attached hydrogen (secondary N) is 1. The molecule has 0 saturated carbocycles. The van der Waals surface area contributed by atoms with Gasteiger partial charge in [0.1, 0.15) is 5.54 Å². The van der Waals surface area contributed by atoms with Crippen molar-refractivity contribution >= 4 is 35.0 Å². The molecule has 2 heterocycles. The second-order valence-electron chi connectivity index (χ2n) is 4.22. The Morgan fingerprint density at radius 3 is 2.94 bits per heavy atom. The lowest BCUT2D eigenvalue weighted by Crippen LogP contribution is -2.54. The number of carboxylic acid groups (broad SMARTS) is 1. The largest absolute Gasteiger partial charge is 0.479 e. The molecular weight excluding hydrogens is 272 g/mol. The topological polar surface area (TPSA) is 79.3 Å². The summed E-state index contributed by atoms with van der Waals surface area (Å²) >= 11 is 3.05. The minimum absolute atomic E-state index is 0.215. The molecule has 1 aromatic rings. The summed E-state index contributed by atoms with van der Waals surface area (Å²) in [5.41, 5.74) is 1.53. The Balaban J connectivity index is 1.88. The van der Waals surface area contributed by atoms with Crippen molar-refractivity contribution < 1.29 is 14.7 Å². The number of thioether (sulfide) groups is 1. The lowest BCUT2D eigenvalue weighted by Gasteiger charge is -2.24. The number of hydrogen-bond acceptors (Lipinski definition) is 5. The van der Waals surface area contributed by atoms with Gasteiger partial charge in [-0.2, -0.15) is 11.8 Å². The zero-order valence-corrected chi connectivity index (χ0v) is 11.4. The van der Waals surface area contributed by atoms with Gasteiger partial charge in [-0.25, -0.2) is 9.78 Å². The van der Waals surface area contributed by atoms with Gasteiger partial charge in [0.05, 0.1) is 11.2 Å². The number of thiazole rings is 1. The van der Waals surface area contributed by atoms with E-state index in [0.717, 1.165) is 11.4 Å². The van der Waals surface area contributed by atoms with E-state index in [9.17, 15) is 14.7 Å². The van der Waals surface area contributed by atoms with Crippen LogP contribution in [0.1, 0.15) is 18.5 Å². The van der Waals surface area contributed by atoms with Gasteiger partial charge < -0.3 is 10.4 Å². The molecule has 1 aromatic heterocycles. The number of carbonyl (C=O) groups is 2. The Kier molecular flexibility index (Phi) is 4.23. The molecule has 1 unspecified atom stereocenters. The number of rotatable bonds is 5. The van der Waals surface area contributed by atoms with E-state index in [4.69, 9.17) is 0 Å². The molecule has 1 aliphatic rings. The third-order valence-electron chi connectivity index (χ3n) is 2.90. The molecule has 1 amide bonds. The van der Waals surface area contributed by atoms with Gasteiger partial charge in [0.15, 0.2) is 0 Å². The van der Waals surface area contributed by atoms with Gasteiger partial charge in [-0.3, -0.25) is 4.79 Å². The molecule has 0 spiro atoms.